The summed E-state index contributed by atoms with van der Waals surface area (Å²) >= 11 is 1.35. The smallest absolute Gasteiger partial charge is 0.265 e. The fraction of sp³-hybridized carbons (Fsp3) is 0.136. The molecule has 0 unspecified atom stereocenters. The second-order valence-corrected chi connectivity index (χ2v) is 7.74. The van der Waals surface area contributed by atoms with E-state index in [0.717, 1.165) is 12.8 Å². The first-order chi connectivity index (χ1) is 14.1. The number of carbonyl (C=O) groups excluding carboxylic acids is 3. The van der Waals surface area contributed by atoms with E-state index in [9.17, 15) is 14.4 Å². The van der Waals surface area contributed by atoms with Gasteiger partial charge in [0, 0.05) is 28.5 Å². The van der Waals surface area contributed by atoms with E-state index >= 15 is 0 Å². The summed E-state index contributed by atoms with van der Waals surface area (Å²) in [4.78, 5) is 37.4. The molecule has 1 fully saturated rings. The third-order valence-corrected chi connectivity index (χ3v) is 5.31. The number of amides is 3. The maximum atomic E-state index is 12.6. The van der Waals surface area contributed by atoms with Gasteiger partial charge in [0.05, 0.1) is 4.88 Å². The van der Waals surface area contributed by atoms with Crippen LogP contribution in [0.2, 0.25) is 0 Å². The third kappa shape index (κ3) is 4.89. The molecule has 1 heterocycles. The highest BCUT2D eigenvalue weighted by Crippen LogP contribution is 2.20. The summed E-state index contributed by atoms with van der Waals surface area (Å²) in [6.45, 7) is 0. The summed E-state index contributed by atoms with van der Waals surface area (Å²) < 4.78 is 0. The van der Waals surface area contributed by atoms with Crippen LogP contribution in [-0.2, 0) is 0 Å². The van der Waals surface area contributed by atoms with Crippen molar-refractivity contribution in [3.8, 4) is 0 Å². The number of thiophene rings is 1. The largest absolute Gasteiger partial charge is 0.349 e. The van der Waals surface area contributed by atoms with Gasteiger partial charge in [-0.05, 0) is 66.8 Å². The van der Waals surface area contributed by atoms with Crippen LogP contribution in [0.4, 0.5) is 11.4 Å². The normalized spacial score (nSPS) is 12.8. The Bertz CT molecular complexity index is 1040. The standard InChI is InChI=1S/C22H19N3O3S/c26-20(23-17-10-11-17)14-6-8-16(9-7-14)24-21(27)15-3-1-4-18(13-15)25-22(28)19-5-2-12-29-19/h1-9,12-13,17H,10-11H2,(H,23,26)(H,24,27)(H,25,28). The molecule has 3 amide bonds. The lowest BCUT2D eigenvalue weighted by molar-refractivity contribution is 0.0949. The minimum absolute atomic E-state index is 0.0976. The zero-order valence-corrected chi connectivity index (χ0v) is 16.3. The van der Waals surface area contributed by atoms with Gasteiger partial charge >= 0.3 is 0 Å². The van der Waals surface area contributed by atoms with Gasteiger partial charge in [0.15, 0.2) is 0 Å². The molecule has 7 heteroatoms. The molecule has 0 saturated heterocycles. The molecule has 0 radical (unpaired) electrons. The van der Waals surface area contributed by atoms with Crippen molar-refractivity contribution in [1.82, 2.24) is 5.32 Å². The van der Waals surface area contributed by atoms with E-state index in [4.69, 9.17) is 0 Å². The summed E-state index contributed by atoms with van der Waals surface area (Å²) in [6.07, 6.45) is 2.07. The van der Waals surface area contributed by atoms with Gasteiger partial charge in [0.1, 0.15) is 0 Å². The molecule has 0 atom stereocenters. The number of benzene rings is 2. The molecular weight excluding hydrogens is 386 g/mol. The van der Waals surface area contributed by atoms with Crippen LogP contribution in [0.15, 0.2) is 66.0 Å². The van der Waals surface area contributed by atoms with Gasteiger partial charge in [-0.2, -0.15) is 0 Å². The van der Waals surface area contributed by atoms with Crippen LogP contribution in [0.3, 0.4) is 0 Å². The first-order valence-electron chi connectivity index (χ1n) is 9.26. The molecule has 1 aliphatic carbocycles. The molecule has 3 N–H and O–H groups in total. The maximum Gasteiger partial charge on any atom is 0.265 e. The van der Waals surface area contributed by atoms with Crippen LogP contribution < -0.4 is 16.0 Å². The van der Waals surface area contributed by atoms with Crippen LogP contribution >= 0.6 is 11.3 Å². The number of hydrogen-bond donors (Lipinski definition) is 3. The van der Waals surface area contributed by atoms with Crippen LogP contribution in [-0.4, -0.2) is 23.8 Å². The molecule has 1 aromatic heterocycles. The summed E-state index contributed by atoms with van der Waals surface area (Å²) in [5.41, 5.74) is 2.12. The lowest BCUT2D eigenvalue weighted by atomic mass is 10.1. The SMILES string of the molecule is O=C(Nc1ccc(C(=O)NC2CC2)cc1)c1cccc(NC(=O)c2cccs2)c1. The topological polar surface area (TPSA) is 87.3 Å². The van der Waals surface area contributed by atoms with Gasteiger partial charge in [0.25, 0.3) is 17.7 Å². The molecule has 0 spiro atoms. The fourth-order valence-corrected chi connectivity index (χ4v) is 3.36. The number of carbonyl (C=O) groups is 3. The summed E-state index contributed by atoms with van der Waals surface area (Å²) in [7, 11) is 0. The molecule has 1 saturated carbocycles. The zero-order chi connectivity index (χ0) is 20.2. The van der Waals surface area contributed by atoms with Gasteiger partial charge in [-0.3, -0.25) is 14.4 Å². The van der Waals surface area contributed by atoms with Crippen molar-refractivity contribution in [3.63, 3.8) is 0 Å². The molecule has 3 aromatic rings. The Morgan fingerprint density at radius 2 is 1.52 bits per heavy atom. The molecule has 1 aliphatic rings. The van der Waals surface area contributed by atoms with E-state index in [1.54, 1.807) is 54.6 Å². The molecule has 0 aliphatic heterocycles. The highest BCUT2D eigenvalue weighted by Gasteiger charge is 2.23. The Hall–Kier alpha value is -3.45. The van der Waals surface area contributed by atoms with E-state index in [1.807, 2.05) is 11.4 Å². The van der Waals surface area contributed by atoms with Crippen LogP contribution in [0.5, 0.6) is 0 Å². The van der Waals surface area contributed by atoms with Crippen molar-refractivity contribution in [2.24, 2.45) is 0 Å². The van der Waals surface area contributed by atoms with Gasteiger partial charge in [-0.1, -0.05) is 12.1 Å². The minimum atomic E-state index is -0.299. The second-order valence-electron chi connectivity index (χ2n) is 6.79. The Morgan fingerprint density at radius 3 is 2.21 bits per heavy atom. The number of hydrogen-bond acceptors (Lipinski definition) is 4. The monoisotopic (exact) mass is 405 g/mol. The molecule has 6 nitrogen and oxygen atoms in total. The lowest BCUT2D eigenvalue weighted by Gasteiger charge is -2.09. The van der Waals surface area contributed by atoms with Crippen molar-refractivity contribution >= 4 is 40.4 Å². The van der Waals surface area contributed by atoms with Gasteiger partial charge in [0.2, 0.25) is 0 Å². The Labute approximate surface area is 172 Å². The summed E-state index contributed by atoms with van der Waals surface area (Å²) in [5.74, 6) is -0.607. The summed E-state index contributed by atoms with van der Waals surface area (Å²) in [5, 5.41) is 10.4. The average Bonchev–Trinajstić information content (AvgIpc) is 3.36. The van der Waals surface area contributed by atoms with Crippen molar-refractivity contribution in [2.75, 3.05) is 10.6 Å². The van der Waals surface area contributed by atoms with Gasteiger partial charge in [-0.25, -0.2) is 0 Å². The van der Waals surface area contributed by atoms with Crippen LogP contribution in [0.25, 0.3) is 0 Å². The van der Waals surface area contributed by atoms with Crippen molar-refractivity contribution in [2.45, 2.75) is 18.9 Å². The van der Waals surface area contributed by atoms with E-state index < -0.39 is 0 Å². The van der Waals surface area contributed by atoms with Crippen molar-refractivity contribution in [3.05, 3.63) is 82.0 Å². The predicted octanol–water partition coefficient (Wildman–Crippen LogP) is 4.14. The van der Waals surface area contributed by atoms with Gasteiger partial charge in [-0.15, -0.1) is 11.3 Å². The maximum absolute atomic E-state index is 12.6. The Kier molecular flexibility index (Phi) is 5.39. The molecule has 0 bridgehead atoms. The quantitative estimate of drug-likeness (QED) is 0.576. The van der Waals surface area contributed by atoms with Gasteiger partial charge < -0.3 is 16.0 Å². The highest BCUT2D eigenvalue weighted by atomic mass is 32.1. The first kappa shape index (κ1) is 18.9. The lowest BCUT2D eigenvalue weighted by Crippen LogP contribution is -2.25. The minimum Gasteiger partial charge on any atom is -0.349 e. The Balaban J connectivity index is 1.39. The fourth-order valence-electron chi connectivity index (χ4n) is 2.74. The molecule has 29 heavy (non-hydrogen) atoms. The highest BCUT2D eigenvalue weighted by molar-refractivity contribution is 7.12. The summed E-state index contributed by atoms with van der Waals surface area (Å²) in [6, 6.07) is 17.4. The van der Waals surface area contributed by atoms with E-state index in [2.05, 4.69) is 16.0 Å². The van der Waals surface area contributed by atoms with E-state index in [1.165, 1.54) is 11.3 Å². The van der Waals surface area contributed by atoms with Crippen LogP contribution in [0, 0.1) is 0 Å². The molecular formula is C22H19N3O3S. The molecule has 4 rings (SSSR count). The number of rotatable bonds is 6. The third-order valence-electron chi connectivity index (χ3n) is 4.45. The van der Waals surface area contributed by atoms with E-state index in [-0.39, 0.29) is 17.7 Å². The predicted molar refractivity (Wildman–Crippen MR) is 114 cm³/mol. The average molecular weight is 405 g/mol. The first-order valence-corrected chi connectivity index (χ1v) is 10.1. The molecule has 146 valence electrons. The van der Waals surface area contributed by atoms with Crippen molar-refractivity contribution < 1.29 is 14.4 Å². The molecule has 2 aromatic carbocycles. The van der Waals surface area contributed by atoms with Crippen molar-refractivity contribution in [1.29, 1.82) is 0 Å². The van der Waals surface area contributed by atoms with Crippen LogP contribution in [0.1, 0.15) is 43.2 Å². The zero-order valence-electron chi connectivity index (χ0n) is 15.5. The number of nitrogens with one attached hydrogen (secondary N) is 3. The Morgan fingerprint density at radius 1 is 0.759 bits per heavy atom. The second kappa shape index (κ2) is 8.28. The number of anilines is 2. The van der Waals surface area contributed by atoms with E-state index in [0.29, 0.717) is 33.4 Å².